The van der Waals surface area contributed by atoms with E-state index in [1.54, 1.807) is 25.1 Å². The summed E-state index contributed by atoms with van der Waals surface area (Å²) in [6.07, 6.45) is 0.993. The van der Waals surface area contributed by atoms with Crippen LogP contribution in [0.2, 0.25) is 0 Å². The molecule has 0 spiro atoms. The third-order valence-corrected chi connectivity index (χ3v) is 2.34. The molecule has 1 heterocycles. The lowest BCUT2D eigenvalue weighted by molar-refractivity contribution is -0.119. The molecule has 100 valence electrons. The first-order valence-corrected chi connectivity index (χ1v) is 5.87. The summed E-state index contributed by atoms with van der Waals surface area (Å²) in [5, 5.41) is 5.70. The van der Waals surface area contributed by atoms with Crippen LogP contribution in [0, 0.1) is 0 Å². The second kappa shape index (κ2) is 6.63. The maximum absolute atomic E-state index is 11.3. The molecule has 0 saturated heterocycles. The summed E-state index contributed by atoms with van der Waals surface area (Å²) in [4.78, 5) is 21.2. The highest BCUT2D eigenvalue weighted by Gasteiger charge is 2.09. The van der Waals surface area contributed by atoms with Gasteiger partial charge in [0.15, 0.2) is 0 Å². The number of aromatic nitrogens is 2. The molecule has 1 aromatic heterocycles. The van der Waals surface area contributed by atoms with Gasteiger partial charge in [-0.05, 0) is 6.42 Å². The zero-order valence-corrected chi connectivity index (χ0v) is 11.0. The van der Waals surface area contributed by atoms with Gasteiger partial charge in [0, 0.05) is 26.7 Å². The molecule has 4 N–H and O–H groups in total. The summed E-state index contributed by atoms with van der Waals surface area (Å²) in [6.45, 7) is 3.10. The third-order valence-electron chi connectivity index (χ3n) is 2.34. The molecule has 0 saturated carbocycles. The molecule has 1 rings (SSSR count). The Morgan fingerprint density at radius 3 is 2.83 bits per heavy atom. The number of likely N-dealkylation sites (N-methyl/N-ethyl adjacent to an activating group) is 2. The summed E-state index contributed by atoms with van der Waals surface area (Å²) in [6, 6.07) is 1.77. The fourth-order valence-electron chi connectivity index (χ4n) is 1.37. The molecule has 0 atom stereocenters. The van der Waals surface area contributed by atoms with Crippen LogP contribution >= 0.6 is 0 Å². The molecule has 1 amide bonds. The fraction of sp³-hybridized carbons (Fsp3) is 0.545. The summed E-state index contributed by atoms with van der Waals surface area (Å²) >= 11 is 0. The van der Waals surface area contributed by atoms with Crippen molar-refractivity contribution in [2.45, 2.75) is 13.3 Å². The van der Waals surface area contributed by atoms with Gasteiger partial charge in [0.05, 0.1) is 6.54 Å². The first kappa shape index (κ1) is 14.0. The van der Waals surface area contributed by atoms with Gasteiger partial charge in [-0.1, -0.05) is 6.92 Å². The minimum Gasteiger partial charge on any atom is -0.370 e. The third kappa shape index (κ3) is 4.08. The van der Waals surface area contributed by atoms with Gasteiger partial charge >= 0.3 is 0 Å². The van der Waals surface area contributed by atoms with E-state index in [1.165, 1.54) is 0 Å². The van der Waals surface area contributed by atoms with Gasteiger partial charge in [0.25, 0.3) is 0 Å². The molecule has 7 heteroatoms. The van der Waals surface area contributed by atoms with Crippen molar-refractivity contribution in [3.05, 3.63) is 6.07 Å². The predicted octanol–water partition coefficient (Wildman–Crippen LogP) is 0.0629. The molecule has 7 nitrogen and oxygen atoms in total. The fourth-order valence-corrected chi connectivity index (χ4v) is 1.37. The van der Waals surface area contributed by atoms with Gasteiger partial charge in [-0.3, -0.25) is 4.79 Å². The molecular formula is C11H20N6O. The van der Waals surface area contributed by atoms with E-state index < -0.39 is 0 Å². The molecule has 0 radical (unpaired) electrons. The van der Waals surface area contributed by atoms with Crippen molar-refractivity contribution in [1.82, 2.24) is 15.3 Å². The molecule has 0 aromatic carbocycles. The number of nitrogens with one attached hydrogen (secondary N) is 2. The number of hydrogen-bond acceptors (Lipinski definition) is 6. The number of rotatable bonds is 6. The van der Waals surface area contributed by atoms with Crippen molar-refractivity contribution >= 4 is 23.5 Å². The quantitative estimate of drug-likeness (QED) is 0.662. The van der Waals surface area contributed by atoms with E-state index in [2.05, 4.69) is 27.5 Å². The van der Waals surface area contributed by atoms with Crippen LogP contribution in [0.5, 0.6) is 0 Å². The smallest absolute Gasteiger partial charge is 0.239 e. The second-order valence-corrected chi connectivity index (χ2v) is 3.93. The van der Waals surface area contributed by atoms with Crippen LogP contribution in [0.25, 0.3) is 0 Å². The van der Waals surface area contributed by atoms with Crippen LogP contribution in [-0.2, 0) is 4.79 Å². The van der Waals surface area contributed by atoms with Crippen LogP contribution in [-0.4, -0.2) is 43.1 Å². The number of nitrogens with two attached hydrogens (primary N) is 1. The molecule has 1 aromatic rings. The van der Waals surface area contributed by atoms with E-state index in [1.807, 2.05) is 0 Å². The standard InChI is InChI=1S/C11H20N6O/c1-4-5-14-8-6-9(16-11(12)15-8)17(3)7-10(18)13-2/h6H,4-5,7H2,1-3H3,(H,13,18)(H3,12,14,15,16). The van der Waals surface area contributed by atoms with E-state index >= 15 is 0 Å². The van der Waals surface area contributed by atoms with E-state index in [0.29, 0.717) is 11.6 Å². The number of hydrogen-bond donors (Lipinski definition) is 3. The van der Waals surface area contributed by atoms with Gasteiger partial charge in [-0.2, -0.15) is 9.97 Å². The largest absolute Gasteiger partial charge is 0.370 e. The van der Waals surface area contributed by atoms with E-state index in [-0.39, 0.29) is 18.4 Å². The Morgan fingerprint density at radius 2 is 2.22 bits per heavy atom. The van der Waals surface area contributed by atoms with E-state index in [4.69, 9.17) is 5.73 Å². The van der Waals surface area contributed by atoms with Crippen molar-refractivity contribution in [1.29, 1.82) is 0 Å². The topological polar surface area (TPSA) is 96.2 Å². The first-order valence-electron chi connectivity index (χ1n) is 5.87. The monoisotopic (exact) mass is 252 g/mol. The van der Waals surface area contributed by atoms with Crippen molar-refractivity contribution in [2.24, 2.45) is 0 Å². The van der Waals surface area contributed by atoms with Gasteiger partial charge in [-0.15, -0.1) is 0 Å². The van der Waals surface area contributed by atoms with E-state index in [9.17, 15) is 4.79 Å². The molecule has 0 aliphatic carbocycles. The number of nitrogen functional groups attached to an aromatic ring is 1. The Morgan fingerprint density at radius 1 is 1.50 bits per heavy atom. The van der Waals surface area contributed by atoms with Crippen molar-refractivity contribution in [2.75, 3.05) is 43.1 Å². The highest BCUT2D eigenvalue weighted by molar-refractivity contribution is 5.80. The molecular weight excluding hydrogens is 232 g/mol. The van der Waals surface area contributed by atoms with Gasteiger partial charge in [-0.25, -0.2) is 0 Å². The number of anilines is 3. The van der Waals surface area contributed by atoms with Crippen LogP contribution in [0.4, 0.5) is 17.6 Å². The van der Waals surface area contributed by atoms with Gasteiger partial charge in [0.2, 0.25) is 11.9 Å². The Balaban J connectivity index is 2.80. The summed E-state index contributed by atoms with van der Waals surface area (Å²) in [5.41, 5.74) is 5.64. The van der Waals surface area contributed by atoms with Gasteiger partial charge in [0.1, 0.15) is 11.6 Å². The highest BCUT2D eigenvalue weighted by Crippen LogP contribution is 2.15. The maximum atomic E-state index is 11.3. The summed E-state index contributed by atoms with van der Waals surface area (Å²) < 4.78 is 0. The second-order valence-electron chi connectivity index (χ2n) is 3.93. The predicted molar refractivity (Wildman–Crippen MR) is 72.6 cm³/mol. The average molecular weight is 252 g/mol. The molecule has 0 aliphatic heterocycles. The summed E-state index contributed by atoms with van der Waals surface area (Å²) in [5.74, 6) is 1.39. The minimum atomic E-state index is -0.0854. The molecule has 0 aliphatic rings. The molecule has 0 bridgehead atoms. The number of nitrogens with zero attached hydrogens (tertiary/aromatic N) is 3. The highest BCUT2D eigenvalue weighted by atomic mass is 16.1. The van der Waals surface area contributed by atoms with Crippen LogP contribution in [0.3, 0.4) is 0 Å². The minimum absolute atomic E-state index is 0.0854. The Bertz CT molecular complexity index is 409. The first-order chi connectivity index (χ1) is 8.56. The molecule has 0 unspecified atom stereocenters. The van der Waals surface area contributed by atoms with Crippen molar-refractivity contribution in [3.63, 3.8) is 0 Å². The summed E-state index contributed by atoms with van der Waals surface area (Å²) in [7, 11) is 3.37. The normalized spacial score (nSPS) is 9.94. The Kier molecular flexibility index (Phi) is 5.16. The molecule has 18 heavy (non-hydrogen) atoms. The zero-order chi connectivity index (χ0) is 13.5. The molecule has 0 fully saturated rings. The van der Waals surface area contributed by atoms with Crippen molar-refractivity contribution in [3.8, 4) is 0 Å². The number of carbonyl (C=O) groups is 1. The van der Waals surface area contributed by atoms with E-state index in [0.717, 1.165) is 13.0 Å². The lowest BCUT2D eigenvalue weighted by Crippen LogP contribution is -2.33. The lowest BCUT2D eigenvalue weighted by Gasteiger charge is -2.18. The maximum Gasteiger partial charge on any atom is 0.239 e. The zero-order valence-electron chi connectivity index (χ0n) is 11.0. The average Bonchev–Trinajstić information content (AvgIpc) is 2.35. The van der Waals surface area contributed by atoms with Crippen molar-refractivity contribution < 1.29 is 4.79 Å². The van der Waals surface area contributed by atoms with Crippen LogP contribution in [0.1, 0.15) is 13.3 Å². The van der Waals surface area contributed by atoms with Crippen LogP contribution in [0.15, 0.2) is 6.07 Å². The number of amides is 1. The SMILES string of the molecule is CCCNc1cc(N(C)CC(=O)NC)nc(N)n1. The van der Waals surface area contributed by atoms with Crippen LogP contribution < -0.4 is 21.3 Å². The number of carbonyl (C=O) groups excluding carboxylic acids is 1. The Hall–Kier alpha value is -2.05. The lowest BCUT2D eigenvalue weighted by atomic mass is 10.4. The Labute approximate surface area is 107 Å². The van der Waals surface area contributed by atoms with Gasteiger partial charge < -0.3 is 21.3 Å².